The Labute approximate surface area is 133 Å². The fourth-order valence-electron chi connectivity index (χ4n) is 3.83. The third-order valence-electron chi connectivity index (χ3n) is 4.96. The van der Waals surface area contributed by atoms with E-state index >= 15 is 0 Å². The summed E-state index contributed by atoms with van der Waals surface area (Å²) in [7, 11) is 0. The third-order valence-corrected chi connectivity index (χ3v) is 4.96. The van der Waals surface area contributed by atoms with Crippen LogP contribution in [0.25, 0.3) is 0 Å². The Balaban J connectivity index is 0.00000161. The third kappa shape index (κ3) is 3.70. The van der Waals surface area contributed by atoms with Gasteiger partial charge in [0.1, 0.15) is 6.04 Å². The number of nitrogens with one attached hydrogen (secondary N) is 1. The summed E-state index contributed by atoms with van der Waals surface area (Å²) in [6.07, 6.45) is 4.58. The second-order valence-electron chi connectivity index (χ2n) is 6.53. The first-order valence-corrected chi connectivity index (χ1v) is 7.92. The molecule has 0 aliphatic carbocycles. The van der Waals surface area contributed by atoms with Gasteiger partial charge in [-0.3, -0.25) is 4.79 Å². The minimum atomic E-state index is -0.177. The molecule has 0 radical (unpaired) electrons. The van der Waals surface area contributed by atoms with Gasteiger partial charge in [-0.15, -0.1) is 12.4 Å². The molecule has 21 heavy (non-hydrogen) atoms. The van der Waals surface area contributed by atoms with Gasteiger partial charge in [-0.1, -0.05) is 0 Å². The molecule has 3 saturated heterocycles. The maximum atomic E-state index is 12.7. The monoisotopic (exact) mass is 318 g/mol. The van der Waals surface area contributed by atoms with Crippen LogP contribution in [0.4, 0.5) is 0 Å². The lowest BCUT2D eigenvalue weighted by Gasteiger charge is -2.46. The molecule has 122 valence electrons. The van der Waals surface area contributed by atoms with Crippen molar-refractivity contribution in [1.82, 2.24) is 10.2 Å². The summed E-state index contributed by atoms with van der Waals surface area (Å²) in [5.74, 6) is 0.210. The number of amides is 1. The molecule has 3 atom stereocenters. The number of carbonyl (C=O) groups is 1. The number of hydrogen-bond donors (Lipinski definition) is 1. The zero-order valence-electron chi connectivity index (χ0n) is 12.8. The number of piperidine rings is 1. The largest absolute Gasteiger partial charge is 0.381 e. The Bertz CT molecular complexity index is 355. The molecule has 1 unspecified atom stereocenters. The molecule has 5 nitrogen and oxygen atoms in total. The second-order valence-corrected chi connectivity index (χ2v) is 6.53. The predicted molar refractivity (Wildman–Crippen MR) is 82.8 cm³/mol. The highest BCUT2D eigenvalue weighted by molar-refractivity contribution is 5.85. The number of halogens is 1. The van der Waals surface area contributed by atoms with Crippen LogP contribution < -0.4 is 5.32 Å². The maximum Gasteiger partial charge on any atom is 0.242 e. The molecule has 1 N–H and O–H groups in total. The molecule has 1 amide bonds. The summed E-state index contributed by atoms with van der Waals surface area (Å²) in [5, 5.41) is 3.31. The van der Waals surface area contributed by atoms with Crippen LogP contribution in [0.2, 0.25) is 0 Å². The van der Waals surface area contributed by atoms with Gasteiger partial charge in [0.2, 0.25) is 5.91 Å². The van der Waals surface area contributed by atoms with Crippen molar-refractivity contribution < 1.29 is 14.3 Å². The number of nitrogens with zero attached hydrogens (tertiary/aromatic N) is 1. The van der Waals surface area contributed by atoms with E-state index in [0.29, 0.717) is 6.61 Å². The lowest BCUT2D eigenvalue weighted by Crippen LogP contribution is -2.59. The van der Waals surface area contributed by atoms with E-state index in [1.54, 1.807) is 0 Å². The van der Waals surface area contributed by atoms with Gasteiger partial charge in [0.15, 0.2) is 0 Å². The SMILES string of the molecule is C[C@H]1OCCN[C@@H]1C(=O)N1CCCC2(CCCOC2)C1.Cl. The molecule has 3 fully saturated rings. The van der Waals surface area contributed by atoms with Crippen molar-refractivity contribution in [2.45, 2.75) is 44.8 Å². The smallest absolute Gasteiger partial charge is 0.242 e. The molecule has 3 aliphatic heterocycles. The van der Waals surface area contributed by atoms with Crippen LogP contribution in [0.1, 0.15) is 32.6 Å². The highest BCUT2D eigenvalue weighted by Gasteiger charge is 2.41. The van der Waals surface area contributed by atoms with E-state index in [0.717, 1.165) is 45.7 Å². The fourth-order valence-corrected chi connectivity index (χ4v) is 3.83. The molecule has 0 saturated carbocycles. The summed E-state index contributed by atoms with van der Waals surface area (Å²) in [4.78, 5) is 14.8. The topological polar surface area (TPSA) is 50.8 Å². The molecule has 3 aliphatic rings. The van der Waals surface area contributed by atoms with Crippen molar-refractivity contribution in [1.29, 1.82) is 0 Å². The molecule has 6 heteroatoms. The van der Waals surface area contributed by atoms with Gasteiger partial charge in [-0.05, 0) is 32.6 Å². The number of rotatable bonds is 1. The number of ether oxygens (including phenoxy) is 2. The van der Waals surface area contributed by atoms with Crippen LogP contribution in [0, 0.1) is 5.41 Å². The predicted octanol–water partition coefficient (Wildman–Crippen LogP) is 1.20. The van der Waals surface area contributed by atoms with E-state index in [9.17, 15) is 4.79 Å². The van der Waals surface area contributed by atoms with Gasteiger partial charge >= 0.3 is 0 Å². The highest BCUT2D eigenvalue weighted by atomic mass is 35.5. The average molecular weight is 319 g/mol. The Morgan fingerprint density at radius 3 is 2.81 bits per heavy atom. The zero-order valence-corrected chi connectivity index (χ0v) is 13.6. The van der Waals surface area contributed by atoms with Gasteiger partial charge < -0.3 is 19.7 Å². The van der Waals surface area contributed by atoms with Gasteiger partial charge in [0, 0.05) is 31.7 Å². The average Bonchev–Trinajstić information content (AvgIpc) is 2.48. The summed E-state index contributed by atoms with van der Waals surface area (Å²) in [6.45, 7) is 6.89. The van der Waals surface area contributed by atoms with Crippen molar-refractivity contribution >= 4 is 18.3 Å². The zero-order chi connectivity index (χ0) is 14.0. The van der Waals surface area contributed by atoms with Crippen LogP contribution in [0.3, 0.4) is 0 Å². The van der Waals surface area contributed by atoms with Crippen LogP contribution in [-0.2, 0) is 14.3 Å². The molecular formula is C15H27ClN2O3. The second kappa shape index (κ2) is 7.27. The number of carbonyl (C=O) groups excluding carboxylic acids is 1. The van der Waals surface area contributed by atoms with Crippen LogP contribution >= 0.6 is 12.4 Å². The molecule has 0 bridgehead atoms. The standard InChI is InChI=1S/C15H26N2O3.ClH/c1-12-13(16-6-9-20-12)14(18)17-7-2-4-15(10-17)5-3-8-19-11-15;/h12-13,16H,2-11H2,1H3;1H/t12-,13+,15?;/m1./s1. The molecular weight excluding hydrogens is 292 g/mol. The molecule has 0 aromatic carbocycles. The van der Waals surface area contributed by atoms with Crippen molar-refractivity contribution in [3.63, 3.8) is 0 Å². The van der Waals surface area contributed by atoms with Crippen molar-refractivity contribution in [2.75, 3.05) is 39.5 Å². The Hall–Kier alpha value is -0.360. The molecule has 0 aromatic heterocycles. The van der Waals surface area contributed by atoms with E-state index in [4.69, 9.17) is 9.47 Å². The lowest BCUT2D eigenvalue weighted by molar-refractivity contribution is -0.146. The molecule has 3 rings (SSSR count). The summed E-state index contributed by atoms with van der Waals surface area (Å²) in [6, 6.07) is -0.177. The minimum Gasteiger partial charge on any atom is -0.381 e. The molecule has 1 spiro atoms. The number of likely N-dealkylation sites (tertiary alicyclic amines) is 1. The summed E-state index contributed by atoms with van der Waals surface area (Å²) >= 11 is 0. The van der Waals surface area contributed by atoms with Crippen molar-refractivity contribution in [3.8, 4) is 0 Å². The fraction of sp³-hybridized carbons (Fsp3) is 0.933. The van der Waals surface area contributed by atoms with E-state index < -0.39 is 0 Å². The molecule has 3 heterocycles. The Kier molecular flexibility index (Phi) is 5.88. The molecule has 0 aromatic rings. The number of morpholine rings is 1. The van der Waals surface area contributed by atoms with E-state index in [1.165, 1.54) is 12.8 Å². The minimum absolute atomic E-state index is 0. The maximum absolute atomic E-state index is 12.7. The Morgan fingerprint density at radius 1 is 1.29 bits per heavy atom. The summed E-state index contributed by atoms with van der Waals surface area (Å²) in [5.41, 5.74) is 0.213. The lowest BCUT2D eigenvalue weighted by atomic mass is 9.75. The number of hydrogen-bond acceptors (Lipinski definition) is 4. The highest BCUT2D eigenvalue weighted by Crippen LogP contribution is 2.37. The van der Waals surface area contributed by atoms with Gasteiger partial charge in [0.05, 0.1) is 19.3 Å². The first kappa shape index (κ1) is 17.0. The van der Waals surface area contributed by atoms with Crippen LogP contribution in [0.15, 0.2) is 0 Å². The first-order chi connectivity index (χ1) is 9.70. The van der Waals surface area contributed by atoms with E-state index in [1.807, 2.05) is 11.8 Å². The normalized spacial score (nSPS) is 37.1. The van der Waals surface area contributed by atoms with Crippen LogP contribution in [0.5, 0.6) is 0 Å². The first-order valence-electron chi connectivity index (χ1n) is 7.92. The van der Waals surface area contributed by atoms with Gasteiger partial charge in [-0.25, -0.2) is 0 Å². The van der Waals surface area contributed by atoms with Gasteiger partial charge in [0.25, 0.3) is 0 Å². The summed E-state index contributed by atoms with van der Waals surface area (Å²) < 4.78 is 11.3. The Morgan fingerprint density at radius 2 is 2.10 bits per heavy atom. The van der Waals surface area contributed by atoms with E-state index in [-0.39, 0.29) is 35.9 Å². The quantitative estimate of drug-likeness (QED) is 0.789. The van der Waals surface area contributed by atoms with Crippen molar-refractivity contribution in [2.24, 2.45) is 5.41 Å². The van der Waals surface area contributed by atoms with Crippen molar-refractivity contribution in [3.05, 3.63) is 0 Å². The van der Waals surface area contributed by atoms with Crippen LogP contribution in [-0.4, -0.2) is 62.4 Å². The van der Waals surface area contributed by atoms with E-state index in [2.05, 4.69) is 5.32 Å². The van der Waals surface area contributed by atoms with Gasteiger partial charge in [-0.2, -0.15) is 0 Å².